The molecular weight excluding hydrogens is 208 g/mol. The van der Waals surface area contributed by atoms with E-state index in [4.69, 9.17) is 10.8 Å². The highest BCUT2D eigenvalue weighted by atomic mass is 16.4. The number of rotatable bonds is 4. The highest BCUT2D eigenvalue weighted by Crippen LogP contribution is 2.28. The van der Waals surface area contributed by atoms with E-state index >= 15 is 0 Å². The third-order valence-corrected chi connectivity index (χ3v) is 2.59. The number of carbonyl (C=O) groups is 2. The fourth-order valence-corrected chi connectivity index (χ4v) is 1.82. The van der Waals surface area contributed by atoms with E-state index in [1.165, 1.54) is 4.90 Å². The summed E-state index contributed by atoms with van der Waals surface area (Å²) in [6, 6.07) is -0.905. The van der Waals surface area contributed by atoms with Gasteiger partial charge in [0.15, 0.2) is 0 Å². The maximum absolute atomic E-state index is 11.6. The van der Waals surface area contributed by atoms with Crippen LogP contribution in [0.5, 0.6) is 0 Å². The van der Waals surface area contributed by atoms with Crippen LogP contribution in [-0.4, -0.2) is 34.0 Å². The molecule has 0 saturated carbocycles. The zero-order valence-electron chi connectivity index (χ0n) is 9.43. The van der Waals surface area contributed by atoms with E-state index in [-0.39, 0.29) is 17.6 Å². The van der Waals surface area contributed by atoms with E-state index in [2.05, 4.69) is 6.58 Å². The Labute approximate surface area is 94.2 Å². The second kappa shape index (κ2) is 4.49. The van der Waals surface area contributed by atoms with Gasteiger partial charge in [0.2, 0.25) is 5.91 Å². The van der Waals surface area contributed by atoms with Gasteiger partial charge in [0.1, 0.15) is 11.7 Å². The molecule has 1 aliphatic heterocycles. The highest BCUT2D eigenvalue weighted by molar-refractivity contribution is 5.99. The zero-order chi connectivity index (χ0) is 12.5. The number of nitrogens with zero attached hydrogens (tertiary/aromatic N) is 1. The summed E-state index contributed by atoms with van der Waals surface area (Å²) >= 11 is 0. The lowest BCUT2D eigenvalue weighted by Gasteiger charge is -2.45. The van der Waals surface area contributed by atoms with Crippen LogP contribution >= 0.6 is 0 Å². The predicted molar refractivity (Wildman–Crippen MR) is 59.4 cm³/mol. The van der Waals surface area contributed by atoms with Crippen LogP contribution in [0.4, 0.5) is 0 Å². The van der Waals surface area contributed by atoms with Gasteiger partial charge in [-0.05, 0) is 25.8 Å². The molecule has 5 heteroatoms. The van der Waals surface area contributed by atoms with Gasteiger partial charge in [-0.1, -0.05) is 6.08 Å². The van der Waals surface area contributed by atoms with E-state index in [0.29, 0.717) is 12.0 Å². The van der Waals surface area contributed by atoms with Gasteiger partial charge in [0.05, 0.1) is 6.04 Å². The van der Waals surface area contributed by atoms with Gasteiger partial charge in [0, 0.05) is 0 Å². The summed E-state index contributed by atoms with van der Waals surface area (Å²) in [6.07, 6.45) is 2.13. The Balaban J connectivity index is 3.02. The van der Waals surface area contributed by atoms with Crippen LogP contribution in [0.3, 0.4) is 0 Å². The minimum absolute atomic E-state index is 0.0264. The first-order chi connectivity index (χ1) is 7.41. The molecule has 0 aromatic heterocycles. The maximum Gasteiger partial charge on any atom is 0.352 e. The molecule has 0 aromatic rings. The van der Waals surface area contributed by atoms with Crippen molar-refractivity contribution in [3.63, 3.8) is 0 Å². The number of carboxylic acid groups (broad SMARTS) is 1. The Bertz CT molecular complexity index is 369. The molecule has 0 unspecified atom stereocenters. The fraction of sp³-hybridized carbons (Fsp3) is 0.455. The van der Waals surface area contributed by atoms with Gasteiger partial charge < -0.3 is 10.8 Å². The SMILES string of the molecule is C=CC[C@@H]1[C@@H](N)C(=O)N1C(C(=O)O)=C(C)C. The molecule has 16 heavy (non-hydrogen) atoms. The first-order valence-electron chi connectivity index (χ1n) is 5.02. The van der Waals surface area contributed by atoms with E-state index in [1.54, 1.807) is 19.9 Å². The second-order valence-corrected chi connectivity index (χ2v) is 3.98. The standard InChI is InChI=1S/C11H16N2O3/c1-4-5-7-8(12)10(14)13(7)9(6(2)3)11(15)16/h4,7-8H,1,5,12H2,2-3H3,(H,15,16)/t7-,8-/m1/s1. The van der Waals surface area contributed by atoms with Crippen molar-refractivity contribution in [1.82, 2.24) is 4.90 Å². The number of allylic oxidation sites excluding steroid dienone is 1. The van der Waals surface area contributed by atoms with Crippen LogP contribution < -0.4 is 5.73 Å². The van der Waals surface area contributed by atoms with Crippen LogP contribution in [0.15, 0.2) is 23.9 Å². The molecule has 5 nitrogen and oxygen atoms in total. The number of likely N-dealkylation sites (tertiary alicyclic amines) is 1. The van der Waals surface area contributed by atoms with Gasteiger partial charge in [-0.3, -0.25) is 9.69 Å². The lowest BCUT2D eigenvalue weighted by atomic mass is 9.91. The molecule has 1 amide bonds. The van der Waals surface area contributed by atoms with Gasteiger partial charge >= 0.3 is 5.97 Å². The molecule has 3 N–H and O–H groups in total. The summed E-state index contributed by atoms with van der Waals surface area (Å²) in [5, 5.41) is 9.05. The Morgan fingerprint density at radius 3 is 2.56 bits per heavy atom. The summed E-state index contributed by atoms with van der Waals surface area (Å²) < 4.78 is 0. The smallest absolute Gasteiger partial charge is 0.352 e. The minimum atomic E-state index is -1.10. The predicted octanol–water partition coefficient (Wildman–Crippen LogP) is 0.479. The number of amides is 1. The molecule has 1 fully saturated rings. The van der Waals surface area contributed by atoms with Crippen molar-refractivity contribution in [2.75, 3.05) is 0 Å². The molecule has 88 valence electrons. The molecule has 0 spiro atoms. The maximum atomic E-state index is 11.6. The lowest BCUT2D eigenvalue weighted by Crippen LogP contribution is -2.68. The van der Waals surface area contributed by atoms with Gasteiger partial charge in [-0.25, -0.2) is 4.79 Å². The number of nitrogens with two attached hydrogens (primary N) is 1. The summed E-state index contributed by atoms with van der Waals surface area (Å²) in [4.78, 5) is 23.9. The first kappa shape index (κ1) is 12.4. The summed E-state index contributed by atoms with van der Waals surface area (Å²) in [6.45, 7) is 6.89. The molecule has 0 aromatic carbocycles. The lowest BCUT2D eigenvalue weighted by molar-refractivity contribution is -0.151. The fourth-order valence-electron chi connectivity index (χ4n) is 1.82. The van der Waals surface area contributed by atoms with Crippen molar-refractivity contribution in [2.24, 2.45) is 5.73 Å². The molecule has 0 radical (unpaired) electrons. The number of aliphatic carboxylic acids is 1. The van der Waals surface area contributed by atoms with Gasteiger partial charge in [0.25, 0.3) is 0 Å². The van der Waals surface area contributed by atoms with Crippen molar-refractivity contribution in [1.29, 1.82) is 0 Å². The number of hydrogen-bond donors (Lipinski definition) is 2. The topological polar surface area (TPSA) is 83.6 Å². The Hall–Kier alpha value is -1.62. The van der Waals surface area contributed by atoms with Crippen molar-refractivity contribution in [3.05, 3.63) is 23.9 Å². The van der Waals surface area contributed by atoms with Crippen LogP contribution in [0.2, 0.25) is 0 Å². The molecule has 1 rings (SSSR count). The molecule has 0 aliphatic carbocycles. The van der Waals surface area contributed by atoms with Crippen LogP contribution in [0, 0.1) is 0 Å². The monoisotopic (exact) mass is 224 g/mol. The van der Waals surface area contributed by atoms with Crippen molar-refractivity contribution in [3.8, 4) is 0 Å². The number of β-lactam (4-membered cyclic amide) rings is 1. The first-order valence-corrected chi connectivity index (χ1v) is 5.02. The van der Waals surface area contributed by atoms with Gasteiger partial charge in [-0.2, -0.15) is 0 Å². The normalized spacial score (nSPS) is 23.7. The summed E-state index contributed by atoms with van der Waals surface area (Å²) in [5.74, 6) is -1.44. The Morgan fingerprint density at radius 1 is 1.62 bits per heavy atom. The molecular formula is C11H16N2O3. The van der Waals surface area contributed by atoms with Gasteiger partial charge in [-0.15, -0.1) is 6.58 Å². The average molecular weight is 224 g/mol. The Kier molecular flexibility index (Phi) is 3.49. The number of carboxylic acids is 1. The second-order valence-electron chi connectivity index (χ2n) is 3.98. The summed E-state index contributed by atoms with van der Waals surface area (Å²) in [5.41, 5.74) is 6.24. The van der Waals surface area contributed by atoms with Crippen molar-refractivity contribution < 1.29 is 14.7 Å². The van der Waals surface area contributed by atoms with Crippen molar-refractivity contribution in [2.45, 2.75) is 32.4 Å². The molecule has 1 aliphatic rings. The van der Waals surface area contributed by atoms with E-state index in [9.17, 15) is 9.59 Å². The molecule has 0 bridgehead atoms. The van der Waals surface area contributed by atoms with E-state index < -0.39 is 12.0 Å². The molecule has 1 heterocycles. The average Bonchev–Trinajstić information content (AvgIpc) is 2.21. The highest BCUT2D eigenvalue weighted by Gasteiger charge is 2.47. The number of carbonyl (C=O) groups excluding carboxylic acids is 1. The third kappa shape index (κ3) is 1.86. The van der Waals surface area contributed by atoms with E-state index in [0.717, 1.165) is 0 Å². The molecule has 1 saturated heterocycles. The van der Waals surface area contributed by atoms with Crippen LogP contribution in [0.1, 0.15) is 20.3 Å². The largest absolute Gasteiger partial charge is 0.477 e. The Morgan fingerprint density at radius 2 is 2.19 bits per heavy atom. The minimum Gasteiger partial charge on any atom is -0.477 e. The quantitative estimate of drug-likeness (QED) is 0.413. The van der Waals surface area contributed by atoms with Crippen LogP contribution in [0.25, 0.3) is 0 Å². The summed E-state index contributed by atoms with van der Waals surface area (Å²) in [7, 11) is 0. The zero-order valence-corrected chi connectivity index (χ0v) is 9.43. The van der Waals surface area contributed by atoms with E-state index in [1.807, 2.05) is 0 Å². The van der Waals surface area contributed by atoms with Crippen molar-refractivity contribution >= 4 is 11.9 Å². The number of hydrogen-bond acceptors (Lipinski definition) is 3. The van der Waals surface area contributed by atoms with Crippen LogP contribution in [-0.2, 0) is 9.59 Å². The third-order valence-electron chi connectivity index (χ3n) is 2.59. The molecule has 2 atom stereocenters.